The summed E-state index contributed by atoms with van der Waals surface area (Å²) in [6.07, 6.45) is 1.66. The highest BCUT2D eigenvalue weighted by Gasteiger charge is 2.14. The second kappa shape index (κ2) is 7.63. The van der Waals surface area contributed by atoms with E-state index < -0.39 is 0 Å². The maximum absolute atomic E-state index is 12.8. The Morgan fingerprint density at radius 1 is 1.03 bits per heavy atom. The van der Waals surface area contributed by atoms with Gasteiger partial charge < -0.3 is 19.2 Å². The summed E-state index contributed by atoms with van der Waals surface area (Å²) >= 11 is 0. The number of aryl methyl sites for hydroxylation is 1. The van der Waals surface area contributed by atoms with E-state index in [9.17, 15) is 4.79 Å². The molecule has 0 spiro atoms. The van der Waals surface area contributed by atoms with E-state index in [0.29, 0.717) is 39.9 Å². The fourth-order valence-electron chi connectivity index (χ4n) is 2.92. The molecule has 0 aliphatic rings. The lowest BCUT2D eigenvalue weighted by atomic mass is 10.1. The van der Waals surface area contributed by atoms with Crippen LogP contribution in [0.2, 0.25) is 0 Å². The molecule has 0 fully saturated rings. The van der Waals surface area contributed by atoms with Crippen molar-refractivity contribution in [2.24, 2.45) is 0 Å². The molecular formula is C22H19N3O4. The van der Waals surface area contributed by atoms with Crippen molar-refractivity contribution in [2.45, 2.75) is 6.92 Å². The number of methoxy groups -OCH3 is 2. The zero-order valence-electron chi connectivity index (χ0n) is 16.2. The van der Waals surface area contributed by atoms with Gasteiger partial charge in [0, 0.05) is 29.1 Å². The van der Waals surface area contributed by atoms with Gasteiger partial charge in [0.2, 0.25) is 5.89 Å². The number of nitrogens with one attached hydrogen (secondary N) is 1. The molecule has 7 heteroatoms. The van der Waals surface area contributed by atoms with Crippen molar-refractivity contribution in [3.63, 3.8) is 0 Å². The van der Waals surface area contributed by atoms with Gasteiger partial charge in [-0.05, 0) is 48.9 Å². The van der Waals surface area contributed by atoms with Gasteiger partial charge in [0.25, 0.3) is 5.91 Å². The molecule has 2 aromatic heterocycles. The van der Waals surface area contributed by atoms with E-state index in [2.05, 4.69) is 15.3 Å². The lowest BCUT2D eigenvalue weighted by Gasteiger charge is -2.11. The number of fused-ring (bicyclic) bond motifs is 1. The van der Waals surface area contributed by atoms with Crippen LogP contribution in [0.5, 0.6) is 11.5 Å². The quantitative estimate of drug-likeness (QED) is 0.542. The van der Waals surface area contributed by atoms with Crippen molar-refractivity contribution in [2.75, 3.05) is 19.5 Å². The fraction of sp³-hybridized carbons (Fsp3) is 0.136. The van der Waals surface area contributed by atoms with Gasteiger partial charge >= 0.3 is 0 Å². The van der Waals surface area contributed by atoms with E-state index in [1.54, 1.807) is 44.7 Å². The van der Waals surface area contributed by atoms with Gasteiger partial charge in [-0.2, -0.15) is 4.98 Å². The lowest BCUT2D eigenvalue weighted by Crippen LogP contribution is -2.13. The maximum atomic E-state index is 12.8. The number of amides is 1. The second-order valence-electron chi connectivity index (χ2n) is 6.43. The number of oxazole rings is 1. The van der Waals surface area contributed by atoms with Gasteiger partial charge in [0.05, 0.1) is 14.2 Å². The number of aromatic nitrogens is 2. The van der Waals surface area contributed by atoms with Gasteiger partial charge in [0.15, 0.2) is 11.2 Å². The van der Waals surface area contributed by atoms with Crippen molar-refractivity contribution < 1.29 is 18.7 Å². The first kappa shape index (κ1) is 18.5. The molecule has 29 heavy (non-hydrogen) atoms. The van der Waals surface area contributed by atoms with Crippen LogP contribution < -0.4 is 14.8 Å². The van der Waals surface area contributed by atoms with E-state index in [0.717, 1.165) is 11.1 Å². The lowest BCUT2D eigenvalue weighted by molar-refractivity contribution is 0.102. The summed E-state index contributed by atoms with van der Waals surface area (Å²) in [6.45, 7) is 1.92. The van der Waals surface area contributed by atoms with Gasteiger partial charge in [-0.15, -0.1) is 0 Å². The molecule has 0 aliphatic carbocycles. The second-order valence-corrected chi connectivity index (χ2v) is 6.43. The van der Waals surface area contributed by atoms with E-state index in [-0.39, 0.29) is 5.91 Å². The number of hydrogen-bond acceptors (Lipinski definition) is 6. The first-order valence-electron chi connectivity index (χ1n) is 8.94. The predicted octanol–water partition coefficient (Wildman–Crippen LogP) is 4.47. The van der Waals surface area contributed by atoms with Crippen LogP contribution in [0.4, 0.5) is 5.69 Å². The molecule has 0 radical (unpaired) electrons. The number of hydrogen-bond donors (Lipinski definition) is 1. The number of carbonyl (C=O) groups excluding carboxylic acids is 1. The average molecular weight is 389 g/mol. The van der Waals surface area contributed by atoms with Crippen molar-refractivity contribution in [3.05, 3.63) is 65.9 Å². The predicted molar refractivity (Wildman–Crippen MR) is 109 cm³/mol. The number of carbonyl (C=O) groups is 1. The number of nitrogens with zero attached hydrogens (tertiary/aromatic N) is 2. The van der Waals surface area contributed by atoms with Crippen molar-refractivity contribution in [3.8, 4) is 23.0 Å². The topological polar surface area (TPSA) is 86.5 Å². The standard InChI is InChI=1S/C22H19N3O4/c1-13-6-7-14(22-25-20-19(29-22)5-4-8-23-20)11-18(13)24-21(26)15-9-16(27-2)12-17(10-15)28-3/h4-12H,1-3H3,(H,24,26). The Morgan fingerprint density at radius 2 is 1.79 bits per heavy atom. The van der Waals surface area contributed by atoms with E-state index in [1.807, 2.05) is 31.2 Å². The molecule has 146 valence electrons. The monoisotopic (exact) mass is 389 g/mol. The Bertz CT molecular complexity index is 1140. The average Bonchev–Trinajstić information content (AvgIpc) is 3.19. The first-order valence-corrected chi connectivity index (χ1v) is 8.94. The van der Waals surface area contributed by atoms with E-state index in [1.165, 1.54) is 0 Å². The van der Waals surface area contributed by atoms with Crippen LogP contribution in [0, 0.1) is 6.92 Å². The minimum atomic E-state index is -0.276. The highest BCUT2D eigenvalue weighted by atomic mass is 16.5. The molecular weight excluding hydrogens is 370 g/mol. The molecule has 0 saturated carbocycles. The van der Waals surface area contributed by atoms with Crippen LogP contribution in [-0.4, -0.2) is 30.1 Å². The van der Waals surface area contributed by atoms with Crippen molar-refractivity contribution >= 4 is 22.8 Å². The molecule has 4 rings (SSSR count). The number of anilines is 1. The van der Waals surface area contributed by atoms with E-state index >= 15 is 0 Å². The molecule has 7 nitrogen and oxygen atoms in total. The fourth-order valence-corrected chi connectivity index (χ4v) is 2.92. The van der Waals surface area contributed by atoms with Crippen LogP contribution in [0.3, 0.4) is 0 Å². The number of rotatable bonds is 5. The highest BCUT2D eigenvalue weighted by Crippen LogP contribution is 2.28. The van der Waals surface area contributed by atoms with Gasteiger partial charge in [-0.25, -0.2) is 4.98 Å². The summed E-state index contributed by atoms with van der Waals surface area (Å²) < 4.78 is 16.3. The maximum Gasteiger partial charge on any atom is 0.255 e. The third kappa shape index (κ3) is 3.75. The zero-order valence-corrected chi connectivity index (χ0v) is 16.2. The summed E-state index contributed by atoms with van der Waals surface area (Å²) in [6, 6.07) is 14.3. The van der Waals surface area contributed by atoms with Gasteiger partial charge in [-0.3, -0.25) is 4.79 Å². The van der Waals surface area contributed by atoms with Gasteiger partial charge in [-0.1, -0.05) is 6.07 Å². The summed E-state index contributed by atoms with van der Waals surface area (Å²) in [4.78, 5) is 21.4. The molecule has 2 aromatic carbocycles. The first-order chi connectivity index (χ1) is 14.1. The molecule has 1 amide bonds. The SMILES string of the molecule is COc1cc(OC)cc(C(=O)Nc2cc(-c3nc4ncccc4o3)ccc2C)c1. The summed E-state index contributed by atoms with van der Waals surface area (Å²) in [5.41, 5.74) is 3.88. The summed E-state index contributed by atoms with van der Waals surface area (Å²) in [5, 5.41) is 2.94. The zero-order chi connectivity index (χ0) is 20.4. The Morgan fingerprint density at radius 3 is 2.48 bits per heavy atom. The summed E-state index contributed by atoms with van der Waals surface area (Å²) in [5.74, 6) is 1.25. The molecule has 0 saturated heterocycles. The molecule has 4 aromatic rings. The molecule has 0 bridgehead atoms. The van der Waals surface area contributed by atoms with Crippen LogP contribution in [0.25, 0.3) is 22.7 Å². The summed E-state index contributed by atoms with van der Waals surface area (Å²) in [7, 11) is 3.08. The minimum Gasteiger partial charge on any atom is -0.497 e. The number of ether oxygens (including phenoxy) is 2. The van der Waals surface area contributed by atoms with Crippen molar-refractivity contribution in [1.82, 2.24) is 9.97 Å². The largest absolute Gasteiger partial charge is 0.497 e. The molecule has 0 aliphatic heterocycles. The smallest absolute Gasteiger partial charge is 0.255 e. The molecule has 2 heterocycles. The Labute approximate surface area is 167 Å². The van der Waals surface area contributed by atoms with E-state index in [4.69, 9.17) is 13.9 Å². The van der Waals surface area contributed by atoms with Crippen LogP contribution >= 0.6 is 0 Å². The third-order valence-corrected chi connectivity index (χ3v) is 4.51. The molecule has 1 N–H and O–H groups in total. The Balaban J connectivity index is 1.65. The third-order valence-electron chi connectivity index (χ3n) is 4.51. The van der Waals surface area contributed by atoms with Crippen LogP contribution in [-0.2, 0) is 0 Å². The Kier molecular flexibility index (Phi) is 4.87. The minimum absolute atomic E-state index is 0.276. The van der Waals surface area contributed by atoms with Crippen LogP contribution in [0.1, 0.15) is 15.9 Å². The Hall–Kier alpha value is -3.87. The normalized spacial score (nSPS) is 10.7. The number of benzene rings is 2. The molecule has 0 unspecified atom stereocenters. The van der Waals surface area contributed by atoms with Crippen LogP contribution in [0.15, 0.2) is 59.1 Å². The van der Waals surface area contributed by atoms with Gasteiger partial charge in [0.1, 0.15) is 11.5 Å². The van der Waals surface area contributed by atoms with Crippen molar-refractivity contribution in [1.29, 1.82) is 0 Å². The highest BCUT2D eigenvalue weighted by molar-refractivity contribution is 6.05. The molecule has 0 atom stereocenters. The number of pyridine rings is 1.